The molecule has 1 aromatic heterocycles. The zero-order chi connectivity index (χ0) is 18.7. The minimum atomic E-state index is -0.243. The number of benzene rings is 1. The van der Waals surface area contributed by atoms with Gasteiger partial charge in [0.25, 0.3) is 5.91 Å². The molecule has 3 rings (SSSR count). The molecule has 1 aliphatic heterocycles. The van der Waals surface area contributed by atoms with Crippen molar-refractivity contribution >= 4 is 17.5 Å². The van der Waals surface area contributed by atoms with Crippen LogP contribution in [-0.4, -0.2) is 29.0 Å². The number of fused-ring (bicyclic) bond motifs is 1. The maximum Gasteiger partial charge on any atom is 0.252 e. The van der Waals surface area contributed by atoms with Gasteiger partial charge in [-0.1, -0.05) is 18.2 Å². The molecule has 1 N–H and O–H groups in total. The van der Waals surface area contributed by atoms with Gasteiger partial charge in [0.1, 0.15) is 0 Å². The summed E-state index contributed by atoms with van der Waals surface area (Å²) in [4.78, 5) is 37.9. The van der Waals surface area contributed by atoms with Gasteiger partial charge in [-0.2, -0.15) is 0 Å². The van der Waals surface area contributed by atoms with E-state index < -0.39 is 0 Å². The zero-order valence-electron chi connectivity index (χ0n) is 15.1. The van der Waals surface area contributed by atoms with Gasteiger partial charge in [0, 0.05) is 44.0 Å². The first-order chi connectivity index (χ1) is 12.5. The fraction of sp³-hybridized carbons (Fsp3) is 0.350. The fourth-order valence-corrected chi connectivity index (χ4v) is 3.34. The number of pyridine rings is 1. The van der Waals surface area contributed by atoms with Gasteiger partial charge in [0.05, 0.1) is 5.56 Å². The van der Waals surface area contributed by atoms with Gasteiger partial charge in [-0.05, 0) is 37.5 Å². The minimum absolute atomic E-state index is 0.0822. The molecule has 26 heavy (non-hydrogen) atoms. The molecule has 0 spiro atoms. The van der Waals surface area contributed by atoms with Crippen molar-refractivity contribution in [3.8, 4) is 0 Å². The van der Waals surface area contributed by atoms with Crippen molar-refractivity contribution in [3.05, 3.63) is 64.1 Å². The Hall–Kier alpha value is -2.89. The maximum atomic E-state index is 12.6. The van der Waals surface area contributed by atoms with E-state index in [-0.39, 0.29) is 23.4 Å². The van der Waals surface area contributed by atoms with Crippen molar-refractivity contribution in [2.75, 3.05) is 11.4 Å². The standard InChI is InChI=1S/C20H23N3O3/c1-14-12-15-6-3-4-7-17(15)23(14)19(25)8-5-11-21-20(26)16-9-10-18(24)22(2)13-16/h3-4,6-7,9-10,13-14H,5,8,11-12H2,1-2H3,(H,21,26). The Labute approximate surface area is 152 Å². The Morgan fingerprint density at radius 2 is 1.96 bits per heavy atom. The number of hydrogen-bond acceptors (Lipinski definition) is 3. The predicted molar refractivity (Wildman–Crippen MR) is 100 cm³/mol. The Morgan fingerprint density at radius 1 is 1.19 bits per heavy atom. The third kappa shape index (κ3) is 3.69. The summed E-state index contributed by atoms with van der Waals surface area (Å²) < 4.78 is 1.37. The van der Waals surface area contributed by atoms with Crippen molar-refractivity contribution in [3.63, 3.8) is 0 Å². The van der Waals surface area contributed by atoms with Gasteiger partial charge in [-0.25, -0.2) is 0 Å². The summed E-state index contributed by atoms with van der Waals surface area (Å²) in [5.41, 5.74) is 2.48. The summed E-state index contributed by atoms with van der Waals surface area (Å²) in [6.07, 6.45) is 3.34. The molecule has 2 amide bonds. The lowest BCUT2D eigenvalue weighted by molar-refractivity contribution is -0.119. The van der Waals surface area contributed by atoms with Crippen molar-refractivity contribution in [2.24, 2.45) is 7.05 Å². The zero-order valence-corrected chi connectivity index (χ0v) is 15.1. The van der Waals surface area contributed by atoms with E-state index in [2.05, 4.69) is 18.3 Å². The Balaban J connectivity index is 1.50. The Kier molecular flexibility index (Phi) is 5.21. The minimum Gasteiger partial charge on any atom is -0.352 e. The molecule has 1 atom stereocenters. The first-order valence-corrected chi connectivity index (χ1v) is 8.82. The monoisotopic (exact) mass is 353 g/mol. The van der Waals surface area contributed by atoms with E-state index in [0.717, 1.165) is 12.1 Å². The molecule has 0 saturated carbocycles. The average Bonchev–Trinajstić information content (AvgIpc) is 2.96. The molecule has 1 aromatic carbocycles. The van der Waals surface area contributed by atoms with Crippen LogP contribution < -0.4 is 15.8 Å². The topological polar surface area (TPSA) is 71.4 Å². The highest BCUT2D eigenvalue weighted by molar-refractivity contribution is 5.96. The van der Waals surface area contributed by atoms with Crippen LogP contribution in [0.5, 0.6) is 0 Å². The molecule has 6 heteroatoms. The number of aryl methyl sites for hydroxylation is 1. The summed E-state index contributed by atoms with van der Waals surface area (Å²) in [7, 11) is 1.60. The third-order valence-corrected chi connectivity index (χ3v) is 4.68. The fourth-order valence-electron chi connectivity index (χ4n) is 3.34. The lowest BCUT2D eigenvalue weighted by Gasteiger charge is -2.22. The van der Waals surface area contributed by atoms with Crippen LogP contribution in [0.2, 0.25) is 0 Å². The number of carbonyl (C=O) groups is 2. The van der Waals surface area contributed by atoms with E-state index in [1.807, 2.05) is 23.1 Å². The van der Waals surface area contributed by atoms with Gasteiger partial charge in [0.2, 0.25) is 11.5 Å². The Morgan fingerprint density at radius 3 is 2.73 bits per heavy atom. The van der Waals surface area contributed by atoms with Crippen LogP contribution in [0.25, 0.3) is 0 Å². The summed E-state index contributed by atoms with van der Waals surface area (Å²) in [6.45, 7) is 2.47. The second-order valence-corrected chi connectivity index (χ2v) is 6.67. The van der Waals surface area contributed by atoms with Gasteiger partial charge >= 0.3 is 0 Å². The molecule has 0 saturated heterocycles. The van der Waals surface area contributed by atoms with Gasteiger partial charge in [-0.15, -0.1) is 0 Å². The van der Waals surface area contributed by atoms with E-state index in [1.165, 1.54) is 28.5 Å². The summed E-state index contributed by atoms with van der Waals surface area (Å²) in [5, 5.41) is 2.80. The molecule has 0 bridgehead atoms. The smallest absolute Gasteiger partial charge is 0.252 e. The highest BCUT2D eigenvalue weighted by Gasteiger charge is 2.29. The van der Waals surface area contributed by atoms with Crippen LogP contribution in [0.15, 0.2) is 47.4 Å². The summed E-state index contributed by atoms with van der Waals surface area (Å²) in [6, 6.07) is 11.0. The number of para-hydroxylation sites is 1. The molecular formula is C20H23N3O3. The Bertz CT molecular complexity index is 888. The third-order valence-electron chi connectivity index (χ3n) is 4.68. The number of nitrogens with zero attached hydrogens (tertiary/aromatic N) is 2. The quantitative estimate of drug-likeness (QED) is 0.834. The lowest BCUT2D eigenvalue weighted by atomic mass is 10.1. The normalized spacial score (nSPS) is 15.6. The highest BCUT2D eigenvalue weighted by Crippen LogP contribution is 2.32. The van der Waals surface area contributed by atoms with Crippen molar-refractivity contribution in [1.82, 2.24) is 9.88 Å². The number of carbonyl (C=O) groups excluding carboxylic acids is 2. The SMILES string of the molecule is CC1Cc2ccccc2N1C(=O)CCCNC(=O)c1ccc(=O)n(C)c1. The van der Waals surface area contributed by atoms with Crippen LogP contribution >= 0.6 is 0 Å². The van der Waals surface area contributed by atoms with Gasteiger partial charge in [0.15, 0.2) is 0 Å². The van der Waals surface area contributed by atoms with E-state index in [0.29, 0.717) is 24.9 Å². The van der Waals surface area contributed by atoms with Crippen LogP contribution in [0.1, 0.15) is 35.7 Å². The van der Waals surface area contributed by atoms with Crippen molar-refractivity contribution in [2.45, 2.75) is 32.2 Å². The molecule has 1 unspecified atom stereocenters. The first kappa shape index (κ1) is 17.9. The maximum absolute atomic E-state index is 12.6. The number of rotatable bonds is 5. The summed E-state index contributed by atoms with van der Waals surface area (Å²) >= 11 is 0. The number of aromatic nitrogens is 1. The molecule has 0 fully saturated rings. The van der Waals surface area contributed by atoms with Crippen molar-refractivity contribution in [1.29, 1.82) is 0 Å². The van der Waals surface area contributed by atoms with E-state index >= 15 is 0 Å². The first-order valence-electron chi connectivity index (χ1n) is 8.82. The van der Waals surface area contributed by atoms with Crippen LogP contribution in [0.4, 0.5) is 5.69 Å². The average molecular weight is 353 g/mol. The predicted octanol–water partition coefficient (Wildman–Crippen LogP) is 1.87. The molecule has 1 aliphatic rings. The van der Waals surface area contributed by atoms with Gasteiger partial charge in [-0.3, -0.25) is 14.4 Å². The molecule has 2 aromatic rings. The molecule has 0 aliphatic carbocycles. The van der Waals surface area contributed by atoms with E-state index in [1.54, 1.807) is 7.05 Å². The molecule has 6 nitrogen and oxygen atoms in total. The van der Waals surface area contributed by atoms with E-state index in [4.69, 9.17) is 0 Å². The van der Waals surface area contributed by atoms with Crippen LogP contribution in [0, 0.1) is 0 Å². The second-order valence-electron chi connectivity index (χ2n) is 6.67. The van der Waals surface area contributed by atoms with Crippen molar-refractivity contribution < 1.29 is 9.59 Å². The van der Waals surface area contributed by atoms with Crippen LogP contribution in [-0.2, 0) is 18.3 Å². The number of anilines is 1. The van der Waals surface area contributed by atoms with Gasteiger partial charge < -0.3 is 14.8 Å². The lowest BCUT2D eigenvalue weighted by Crippen LogP contribution is -2.36. The number of nitrogens with one attached hydrogen (secondary N) is 1. The molecular weight excluding hydrogens is 330 g/mol. The van der Waals surface area contributed by atoms with E-state index in [9.17, 15) is 14.4 Å². The summed E-state index contributed by atoms with van der Waals surface area (Å²) in [5.74, 6) is -0.160. The highest BCUT2D eigenvalue weighted by atomic mass is 16.2. The largest absolute Gasteiger partial charge is 0.352 e. The second kappa shape index (κ2) is 7.56. The van der Waals surface area contributed by atoms with Crippen LogP contribution in [0.3, 0.4) is 0 Å². The number of hydrogen-bond donors (Lipinski definition) is 1. The molecule has 136 valence electrons. The molecule has 2 heterocycles. The molecule has 0 radical (unpaired) electrons. The number of amides is 2.